The van der Waals surface area contributed by atoms with Crippen LogP contribution in [0, 0.1) is 0 Å². The van der Waals surface area contributed by atoms with Gasteiger partial charge in [-0.25, -0.2) is 4.79 Å². The minimum absolute atomic E-state index is 0.120. The lowest BCUT2D eigenvalue weighted by Crippen LogP contribution is -2.11. The maximum Gasteiger partial charge on any atom is 0.339 e. The molecule has 0 aliphatic carbocycles. The Balaban J connectivity index is 0.000000263. The first-order valence-corrected chi connectivity index (χ1v) is 8.24. The van der Waals surface area contributed by atoms with Gasteiger partial charge in [-0.15, -0.1) is 0 Å². The van der Waals surface area contributed by atoms with Crippen molar-refractivity contribution in [3.05, 3.63) is 48.0 Å². The number of carboxylic acid groups (broad SMARTS) is 2. The van der Waals surface area contributed by atoms with Gasteiger partial charge in [0.1, 0.15) is 22.8 Å². The largest absolute Gasteiger partial charge is 0.508 e. The minimum atomic E-state index is -4.60. The van der Waals surface area contributed by atoms with E-state index in [1.165, 1.54) is 12.1 Å². The number of benzene rings is 2. The van der Waals surface area contributed by atoms with Gasteiger partial charge in [0.05, 0.1) is 0 Å². The molecule has 140 valence electrons. The number of hydrogen-bond acceptors (Lipinski definition) is 7. The molecule has 0 unspecified atom stereocenters. The number of nitrogens with one attached hydrogen (secondary N) is 1. The Hall–Kier alpha value is -3.31. The highest BCUT2D eigenvalue weighted by molar-refractivity contribution is 7.86. The third-order valence-corrected chi connectivity index (χ3v) is 3.70. The van der Waals surface area contributed by atoms with Gasteiger partial charge in [0.15, 0.2) is 5.75 Å². The van der Waals surface area contributed by atoms with E-state index in [0.29, 0.717) is 5.69 Å². The van der Waals surface area contributed by atoms with E-state index in [0.717, 1.165) is 18.2 Å². The van der Waals surface area contributed by atoms with Crippen molar-refractivity contribution in [3.63, 3.8) is 0 Å². The zero-order valence-corrected chi connectivity index (χ0v) is 13.8. The lowest BCUT2D eigenvalue weighted by atomic mass is 10.2. The van der Waals surface area contributed by atoms with E-state index in [1.807, 2.05) is 0 Å². The zero-order valence-electron chi connectivity index (χ0n) is 13.0. The monoisotopic (exact) mass is 385 g/mol. The number of para-hydroxylation sites is 1. The molecule has 0 fully saturated rings. The SMILES string of the molecule is O=C(O)CNc1ccc(O)cc1.O=C(O)c1cccc(S(=O)(=O)O)c1O. The molecule has 2 aromatic carbocycles. The van der Waals surface area contributed by atoms with Gasteiger partial charge in [0.25, 0.3) is 10.1 Å². The second kappa shape index (κ2) is 8.69. The molecule has 0 heterocycles. The fourth-order valence-corrected chi connectivity index (χ4v) is 2.26. The van der Waals surface area contributed by atoms with Gasteiger partial charge in [-0.05, 0) is 36.4 Å². The van der Waals surface area contributed by atoms with Crippen molar-refractivity contribution in [2.75, 3.05) is 11.9 Å². The molecule has 2 rings (SSSR count). The number of aromatic carboxylic acids is 1. The van der Waals surface area contributed by atoms with Gasteiger partial charge >= 0.3 is 11.9 Å². The van der Waals surface area contributed by atoms with Gasteiger partial charge < -0.3 is 25.7 Å². The first-order valence-electron chi connectivity index (χ1n) is 6.80. The summed E-state index contributed by atoms with van der Waals surface area (Å²) >= 11 is 0. The summed E-state index contributed by atoms with van der Waals surface area (Å²) in [5.74, 6) is -3.20. The molecule has 0 aliphatic heterocycles. The zero-order chi connectivity index (χ0) is 19.9. The Labute approximate surface area is 147 Å². The van der Waals surface area contributed by atoms with Crippen LogP contribution in [0.15, 0.2) is 47.4 Å². The van der Waals surface area contributed by atoms with E-state index in [4.69, 9.17) is 19.9 Å². The van der Waals surface area contributed by atoms with Crippen LogP contribution in [0.25, 0.3) is 0 Å². The van der Waals surface area contributed by atoms with Gasteiger partial charge in [0.2, 0.25) is 0 Å². The number of carbonyl (C=O) groups is 2. The van der Waals surface area contributed by atoms with Crippen molar-refractivity contribution in [3.8, 4) is 11.5 Å². The molecule has 6 N–H and O–H groups in total. The maximum absolute atomic E-state index is 10.6. The van der Waals surface area contributed by atoms with E-state index < -0.39 is 38.3 Å². The molecule has 0 amide bonds. The van der Waals surface area contributed by atoms with Crippen LogP contribution in [0.5, 0.6) is 11.5 Å². The molecule has 11 heteroatoms. The van der Waals surface area contributed by atoms with E-state index in [2.05, 4.69) is 5.32 Å². The fraction of sp³-hybridized carbons (Fsp3) is 0.0667. The number of hydrogen-bond donors (Lipinski definition) is 6. The van der Waals surface area contributed by atoms with Crippen LogP contribution in [0.3, 0.4) is 0 Å². The normalized spacial score (nSPS) is 10.3. The van der Waals surface area contributed by atoms with Crippen molar-refractivity contribution < 1.29 is 43.0 Å². The lowest BCUT2D eigenvalue weighted by Gasteiger charge is -2.03. The van der Waals surface area contributed by atoms with Gasteiger partial charge in [-0.3, -0.25) is 9.35 Å². The summed E-state index contributed by atoms with van der Waals surface area (Å²) in [5.41, 5.74) is 0.0929. The van der Waals surface area contributed by atoms with Crippen LogP contribution < -0.4 is 5.32 Å². The fourth-order valence-electron chi connectivity index (χ4n) is 1.66. The number of aromatic hydroxyl groups is 2. The van der Waals surface area contributed by atoms with Crippen LogP contribution in [0.4, 0.5) is 5.69 Å². The molecule has 10 nitrogen and oxygen atoms in total. The van der Waals surface area contributed by atoms with Crippen LogP contribution in [0.1, 0.15) is 10.4 Å². The smallest absolute Gasteiger partial charge is 0.339 e. The van der Waals surface area contributed by atoms with E-state index in [9.17, 15) is 23.1 Å². The molecular formula is C15H15NO9S. The summed E-state index contributed by atoms with van der Waals surface area (Å²) in [6.07, 6.45) is 0. The highest BCUT2D eigenvalue weighted by Crippen LogP contribution is 2.26. The number of rotatable bonds is 5. The molecule has 0 aromatic heterocycles. The number of aliphatic carboxylic acids is 1. The highest BCUT2D eigenvalue weighted by Gasteiger charge is 2.20. The predicted octanol–water partition coefficient (Wildman–Crippen LogP) is 1.23. The number of phenols is 2. The molecule has 0 saturated carbocycles. The van der Waals surface area contributed by atoms with E-state index >= 15 is 0 Å². The molecule has 0 radical (unpaired) electrons. The molecular weight excluding hydrogens is 370 g/mol. The number of carboxylic acids is 2. The average molecular weight is 385 g/mol. The summed E-state index contributed by atoms with van der Waals surface area (Å²) in [6.45, 7) is -0.120. The standard InChI is InChI=1S/C8H9NO3.C7H6O6S/c10-7-3-1-6(2-4-7)9-5-8(11)12;8-6-4(7(9)10)2-1-3-5(6)14(11,12)13/h1-4,9-10H,5H2,(H,11,12);1-3,8H,(H,9,10)(H,11,12,13). The molecule has 2 aromatic rings. The molecule has 0 aliphatic rings. The van der Waals surface area contributed by atoms with Crippen molar-refractivity contribution >= 4 is 27.7 Å². The summed E-state index contributed by atoms with van der Waals surface area (Å²) < 4.78 is 29.9. The Kier molecular flexibility index (Phi) is 6.93. The van der Waals surface area contributed by atoms with Crippen LogP contribution in [-0.4, -0.2) is 51.9 Å². The second-order valence-corrected chi connectivity index (χ2v) is 6.12. The molecule has 26 heavy (non-hydrogen) atoms. The van der Waals surface area contributed by atoms with Crippen LogP contribution in [-0.2, 0) is 14.9 Å². The summed E-state index contributed by atoms with van der Waals surface area (Å²) in [4.78, 5) is 19.8. The second-order valence-electron chi connectivity index (χ2n) is 4.73. The lowest BCUT2D eigenvalue weighted by molar-refractivity contribution is -0.134. The Morgan fingerprint density at radius 2 is 1.54 bits per heavy atom. The van der Waals surface area contributed by atoms with Crippen LogP contribution in [0.2, 0.25) is 0 Å². The van der Waals surface area contributed by atoms with Crippen LogP contribution >= 0.6 is 0 Å². The van der Waals surface area contributed by atoms with Gasteiger partial charge in [0, 0.05) is 5.69 Å². The summed E-state index contributed by atoms with van der Waals surface area (Å²) in [5, 5.41) is 37.6. The third kappa shape index (κ3) is 6.30. The molecule has 0 bridgehead atoms. The summed E-state index contributed by atoms with van der Waals surface area (Å²) in [7, 11) is -4.60. The third-order valence-electron chi connectivity index (χ3n) is 2.82. The van der Waals surface area contributed by atoms with E-state index in [1.54, 1.807) is 12.1 Å². The average Bonchev–Trinajstić information content (AvgIpc) is 2.53. The first kappa shape index (κ1) is 20.7. The van der Waals surface area contributed by atoms with Gasteiger partial charge in [-0.1, -0.05) is 6.07 Å². The first-order chi connectivity index (χ1) is 12.0. The number of phenolic OH excluding ortho intramolecular Hbond substituents is 1. The van der Waals surface area contributed by atoms with Crippen molar-refractivity contribution in [1.29, 1.82) is 0 Å². The summed E-state index contributed by atoms with van der Waals surface area (Å²) in [6, 6.07) is 9.22. The predicted molar refractivity (Wildman–Crippen MR) is 89.1 cm³/mol. The quantitative estimate of drug-likeness (QED) is 0.323. The van der Waals surface area contributed by atoms with Gasteiger partial charge in [-0.2, -0.15) is 8.42 Å². The minimum Gasteiger partial charge on any atom is -0.508 e. The Bertz CT molecular complexity index is 892. The number of anilines is 1. The van der Waals surface area contributed by atoms with E-state index in [-0.39, 0.29) is 12.3 Å². The van der Waals surface area contributed by atoms with Crippen molar-refractivity contribution in [2.24, 2.45) is 0 Å². The van der Waals surface area contributed by atoms with Crippen molar-refractivity contribution in [2.45, 2.75) is 4.90 Å². The molecule has 0 spiro atoms. The molecule has 0 atom stereocenters. The topological polar surface area (TPSA) is 181 Å². The Morgan fingerprint density at radius 1 is 0.962 bits per heavy atom. The highest BCUT2D eigenvalue weighted by atomic mass is 32.2. The maximum atomic E-state index is 10.6. The molecule has 0 saturated heterocycles. The Morgan fingerprint density at radius 3 is 2.00 bits per heavy atom. The van der Waals surface area contributed by atoms with Crippen molar-refractivity contribution in [1.82, 2.24) is 0 Å².